The molecule has 0 radical (unpaired) electrons. The molecule has 16 heavy (non-hydrogen) atoms. The van der Waals surface area contributed by atoms with Gasteiger partial charge in [-0.15, -0.1) is 11.8 Å². The molecule has 0 aromatic heterocycles. The van der Waals surface area contributed by atoms with E-state index in [1.54, 1.807) is 11.8 Å². The third kappa shape index (κ3) is 7.99. The number of carbonyl (C=O) groups excluding carboxylic acids is 1. The lowest BCUT2D eigenvalue weighted by atomic mass is 10.2. The van der Waals surface area contributed by atoms with Gasteiger partial charge in [0.1, 0.15) is 0 Å². The van der Waals surface area contributed by atoms with Crippen LogP contribution in [0, 0.1) is 0 Å². The zero-order chi connectivity index (χ0) is 12.4. The van der Waals surface area contributed by atoms with Gasteiger partial charge in [0.05, 0.1) is 5.25 Å². The molecule has 0 saturated carbocycles. The minimum Gasteiger partial charge on any atom is -0.396 e. The average molecular weight is 247 g/mol. The molecule has 0 spiro atoms. The van der Waals surface area contributed by atoms with Gasteiger partial charge in [0, 0.05) is 18.4 Å². The Balaban J connectivity index is 3.64. The summed E-state index contributed by atoms with van der Waals surface area (Å²) in [7, 11) is 0. The number of amides is 1. The Labute approximate surface area is 103 Å². The second-order valence-corrected chi connectivity index (χ2v) is 5.88. The molecule has 2 N–H and O–H groups in total. The van der Waals surface area contributed by atoms with Crippen molar-refractivity contribution in [2.75, 3.05) is 13.2 Å². The minimum atomic E-state index is -0.0248. The molecule has 0 bridgehead atoms. The first-order valence-corrected chi connectivity index (χ1v) is 7.10. The predicted molar refractivity (Wildman–Crippen MR) is 70.8 cm³/mol. The number of rotatable bonds is 9. The third-order valence-corrected chi connectivity index (χ3v) is 3.74. The summed E-state index contributed by atoms with van der Waals surface area (Å²) in [6, 6.07) is 0. The van der Waals surface area contributed by atoms with Crippen LogP contribution in [0.2, 0.25) is 0 Å². The van der Waals surface area contributed by atoms with E-state index in [9.17, 15) is 4.79 Å². The summed E-state index contributed by atoms with van der Waals surface area (Å²) >= 11 is 1.62. The molecule has 0 aliphatic heterocycles. The first-order chi connectivity index (χ1) is 7.61. The molecule has 1 amide bonds. The highest BCUT2D eigenvalue weighted by Gasteiger charge is 2.15. The Kier molecular flexibility index (Phi) is 9.83. The summed E-state index contributed by atoms with van der Waals surface area (Å²) < 4.78 is 0. The van der Waals surface area contributed by atoms with Crippen molar-refractivity contribution in [3.05, 3.63) is 0 Å². The number of aliphatic hydroxyl groups is 1. The van der Waals surface area contributed by atoms with Crippen molar-refractivity contribution in [3.8, 4) is 0 Å². The van der Waals surface area contributed by atoms with E-state index in [0.29, 0.717) is 5.25 Å². The van der Waals surface area contributed by atoms with Gasteiger partial charge in [0.25, 0.3) is 0 Å². The van der Waals surface area contributed by atoms with Gasteiger partial charge < -0.3 is 10.4 Å². The zero-order valence-electron chi connectivity index (χ0n) is 10.7. The maximum absolute atomic E-state index is 11.7. The van der Waals surface area contributed by atoms with Crippen LogP contribution in [0.25, 0.3) is 0 Å². The Hall–Kier alpha value is -0.220. The molecule has 0 aliphatic carbocycles. The number of nitrogens with one attached hydrogen (secondary N) is 1. The van der Waals surface area contributed by atoms with Crippen molar-refractivity contribution in [2.45, 2.75) is 57.0 Å². The average Bonchev–Trinajstić information content (AvgIpc) is 2.24. The van der Waals surface area contributed by atoms with Crippen LogP contribution in [0.3, 0.4) is 0 Å². The molecule has 3 nitrogen and oxygen atoms in total. The summed E-state index contributed by atoms with van der Waals surface area (Å²) in [6.45, 7) is 7.09. The molecule has 2 unspecified atom stereocenters. The van der Waals surface area contributed by atoms with Crippen molar-refractivity contribution in [3.63, 3.8) is 0 Å². The molecule has 0 aliphatic rings. The topological polar surface area (TPSA) is 49.3 Å². The number of carbonyl (C=O) groups is 1. The van der Waals surface area contributed by atoms with Crippen molar-refractivity contribution < 1.29 is 9.90 Å². The highest BCUT2D eigenvalue weighted by molar-refractivity contribution is 8.01. The summed E-state index contributed by atoms with van der Waals surface area (Å²) in [5.74, 6) is 0.117. The van der Waals surface area contributed by atoms with Gasteiger partial charge in [-0.3, -0.25) is 4.79 Å². The van der Waals surface area contributed by atoms with E-state index in [0.717, 1.165) is 19.4 Å². The van der Waals surface area contributed by atoms with Crippen molar-refractivity contribution >= 4 is 17.7 Å². The molecule has 0 aromatic carbocycles. The normalized spacial score (nSPS) is 14.5. The van der Waals surface area contributed by atoms with E-state index >= 15 is 0 Å². The van der Waals surface area contributed by atoms with E-state index in [1.165, 1.54) is 12.8 Å². The fraction of sp³-hybridized carbons (Fsp3) is 0.917. The van der Waals surface area contributed by atoms with Crippen LogP contribution in [0.15, 0.2) is 0 Å². The van der Waals surface area contributed by atoms with Crippen LogP contribution < -0.4 is 5.32 Å². The maximum atomic E-state index is 11.7. The molecule has 96 valence electrons. The predicted octanol–water partition coefficient (Wildman–Crippen LogP) is 2.19. The maximum Gasteiger partial charge on any atom is 0.232 e. The summed E-state index contributed by atoms with van der Waals surface area (Å²) in [4.78, 5) is 11.7. The molecule has 2 atom stereocenters. The van der Waals surface area contributed by atoms with Gasteiger partial charge in [-0.1, -0.05) is 26.7 Å². The quantitative estimate of drug-likeness (QED) is 0.614. The molecule has 0 aromatic rings. The van der Waals surface area contributed by atoms with E-state index in [2.05, 4.69) is 12.2 Å². The molecule has 0 heterocycles. The summed E-state index contributed by atoms with van der Waals surface area (Å²) in [6.07, 6.45) is 4.15. The number of unbranched alkanes of at least 4 members (excludes halogenated alkanes) is 2. The number of hydrogen-bond acceptors (Lipinski definition) is 3. The lowest BCUT2D eigenvalue weighted by molar-refractivity contribution is -0.120. The largest absolute Gasteiger partial charge is 0.396 e. The molecule has 4 heteroatoms. The second kappa shape index (κ2) is 9.97. The van der Waals surface area contributed by atoms with Crippen LogP contribution >= 0.6 is 11.8 Å². The molecule has 0 saturated heterocycles. The van der Waals surface area contributed by atoms with Gasteiger partial charge in [0.2, 0.25) is 5.91 Å². The summed E-state index contributed by atoms with van der Waals surface area (Å²) in [5, 5.41) is 12.0. The van der Waals surface area contributed by atoms with Crippen molar-refractivity contribution in [1.29, 1.82) is 0 Å². The first-order valence-electron chi connectivity index (χ1n) is 6.15. The first kappa shape index (κ1) is 15.8. The third-order valence-electron chi connectivity index (χ3n) is 2.42. The van der Waals surface area contributed by atoms with Crippen LogP contribution in [0.5, 0.6) is 0 Å². The van der Waals surface area contributed by atoms with E-state index in [1.807, 2.05) is 13.8 Å². The van der Waals surface area contributed by atoms with Crippen molar-refractivity contribution in [2.24, 2.45) is 0 Å². The highest BCUT2D eigenvalue weighted by Crippen LogP contribution is 2.19. The molecular formula is C12H25NO2S. The molecular weight excluding hydrogens is 222 g/mol. The van der Waals surface area contributed by atoms with Gasteiger partial charge in [0.15, 0.2) is 0 Å². The second-order valence-electron chi connectivity index (χ2n) is 4.10. The standard InChI is InChI=1S/C12H25NO2S/c1-4-5-6-8-13-12(15)11(3)16-10(2)7-9-14/h10-11,14H,4-9H2,1-3H3,(H,13,15). The zero-order valence-corrected chi connectivity index (χ0v) is 11.5. The number of thioether (sulfide) groups is 1. The van der Waals surface area contributed by atoms with Crippen molar-refractivity contribution in [1.82, 2.24) is 5.32 Å². The van der Waals surface area contributed by atoms with Gasteiger partial charge in [-0.25, -0.2) is 0 Å². The molecule has 0 fully saturated rings. The highest BCUT2D eigenvalue weighted by atomic mass is 32.2. The van der Waals surface area contributed by atoms with Gasteiger partial charge in [-0.05, 0) is 19.8 Å². The van der Waals surface area contributed by atoms with E-state index < -0.39 is 0 Å². The van der Waals surface area contributed by atoms with E-state index in [-0.39, 0.29) is 17.8 Å². The number of hydrogen-bond donors (Lipinski definition) is 2. The fourth-order valence-electron chi connectivity index (χ4n) is 1.39. The van der Waals surface area contributed by atoms with Crippen LogP contribution in [0.4, 0.5) is 0 Å². The summed E-state index contributed by atoms with van der Waals surface area (Å²) in [5.41, 5.74) is 0. The number of aliphatic hydroxyl groups excluding tert-OH is 1. The SMILES string of the molecule is CCCCCNC(=O)C(C)SC(C)CCO. The lowest BCUT2D eigenvalue weighted by Gasteiger charge is -2.16. The smallest absolute Gasteiger partial charge is 0.232 e. The van der Waals surface area contributed by atoms with E-state index in [4.69, 9.17) is 5.11 Å². The van der Waals surface area contributed by atoms with Gasteiger partial charge in [-0.2, -0.15) is 0 Å². The Morgan fingerprint density at radius 2 is 2.06 bits per heavy atom. The van der Waals surface area contributed by atoms with Gasteiger partial charge >= 0.3 is 0 Å². The Morgan fingerprint density at radius 3 is 2.62 bits per heavy atom. The Bertz CT molecular complexity index is 188. The fourth-order valence-corrected chi connectivity index (χ4v) is 2.54. The molecule has 0 rings (SSSR count). The lowest BCUT2D eigenvalue weighted by Crippen LogP contribution is -2.32. The minimum absolute atomic E-state index is 0.0248. The van der Waals surface area contributed by atoms with Crippen LogP contribution in [0.1, 0.15) is 46.5 Å². The van der Waals surface area contributed by atoms with Crippen LogP contribution in [-0.4, -0.2) is 34.7 Å². The monoisotopic (exact) mass is 247 g/mol. The van der Waals surface area contributed by atoms with Crippen LogP contribution in [-0.2, 0) is 4.79 Å². The Morgan fingerprint density at radius 1 is 1.38 bits per heavy atom.